The molecule has 0 bridgehead atoms. The number of hydrogen-bond donors (Lipinski definition) is 0. The molecular weight excluding hydrogens is 356 g/mol. The van der Waals surface area contributed by atoms with Crippen LogP contribution in [0.25, 0.3) is 0 Å². The highest BCUT2D eigenvalue weighted by Crippen LogP contribution is 2.29. The standard InChI is InChI=1S/C19H24N4OS.C2H6/c1-5-21-23-15(3)22-19(25-4)17(13-20)18(23)7-6-12-24-16-10-8-14(2)9-11-16;1-2/h5,8-11,15H,6-7,12H2,1-4H3;1-2H3/b21-5-;. The second-order valence-electron chi connectivity index (χ2n) is 5.69. The number of allylic oxidation sites excluding steroid dienone is 1. The average molecular weight is 387 g/mol. The summed E-state index contributed by atoms with van der Waals surface area (Å²) in [5, 5.41) is 16.6. The third-order valence-electron chi connectivity index (χ3n) is 3.83. The molecule has 0 aliphatic carbocycles. The highest BCUT2D eigenvalue weighted by Gasteiger charge is 2.27. The van der Waals surface area contributed by atoms with E-state index in [1.807, 2.05) is 63.2 Å². The van der Waals surface area contributed by atoms with Crippen LogP contribution in [0.2, 0.25) is 0 Å². The van der Waals surface area contributed by atoms with E-state index in [2.05, 4.69) is 23.1 Å². The molecule has 1 unspecified atom stereocenters. The Kier molecular flexibility index (Phi) is 10.3. The van der Waals surface area contributed by atoms with Crippen LogP contribution in [-0.4, -0.2) is 35.3 Å². The van der Waals surface area contributed by atoms with Crippen molar-refractivity contribution >= 4 is 23.0 Å². The molecule has 1 atom stereocenters. The molecule has 0 N–H and O–H groups in total. The summed E-state index contributed by atoms with van der Waals surface area (Å²) in [6.45, 7) is 10.5. The van der Waals surface area contributed by atoms with Crippen molar-refractivity contribution in [2.24, 2.45) is 10.1 Å². The lowest BCUT2D eigenvalue weighted by Gasteiger charge is -2.31. The van der Waals surface area contributed by atoms with Crippen molar-refractivity contribution < 1.29 is 4.74 Å². The first-order valence-corrected chi connectivity index (χ1v) is 10.6. The Bertz CT molecular complexity index is 717. The molecule has 5 nitrogen and oxygen atoms in total. The Labute approximate surface area is 167 Å². The molecule has 0 radical (unpaired) electrons. The summed E-state index contributed by atoms with van der Waals surface area (Å²) in [4.78, 5) is 4.57. The van der Waals surface area contributed by atoms with E-state index in [1.54, 1.807) is 6.21 Å². The van der Waals surface area contributed by atoms with Gasteiger partial charge in [-0.3, -0.25) is 4.99 Å². The van der Waals surface area contributed by atoms with Crippen molar-refractivity contribution in [2.75, 3.05) is 12.9 Å². The van der Waals surface area contributed by atoms with Gasteiger partial charge in [0.25, 0.3) is 0 Å². The van der Waals surface area contributed by atoms with E-state index in [0.29, 0.717) is 12.2 Å². The van der Waals surface area contributed by atoms with Gasteiger partial charge >= 0.3 is 0 Å². The van der Waals surface area contributed by atoms with Crippen LogP contribution in [0, 0.1) is 18.3 Å². The largest absolute Gasteiger partial charge is 0.494 e. The number of nitrogens with zero attached hydrogens (tertiary/aromatic N) is 4. The van der Waals surface area contributed by atoms with Gasteiger partial charge in [0, 0.05) is 6.21 Å². The lowest BCUT2D eigenvalue weighted by Crippen LogP contribution is -2.33. The zero-order chi connectivity index (χ0) is 20.2. The molecule has 0 amide bonds. The van der Waals surface area contributed by atoms with Crippen molar-refractivity contribution in [3.63, 3.8) is 0 Å². The fraction of sp³-hybridized carbons (Fsp3) is 0.476. The minimum atomic E-state index is -0.108. The van der Waals surface area contributed by atoms with Gasteiger partial charge in [0.05, 0.1) is 12.3 Å². The van der Waals surface area contributed by atoms with Crippen molar-refractivity contribution in [2.45, 2.75) is 53.6 Å². The lowest BCUT2D eigenvalue weighted by molar-refractivity contribution is 0.259. The number of hydrogen-bond acceptors (Lipinski definition) is 6. The van der Waals surface area contributed by atoms with Crippen LogP contribution < -0.4 is 4.74 Å². The average Bonchev–Trinajstić information content (AvgIpc) is 2.70. The van der Waals surface area contributed by atoms with E-state index in [4.69, 9.17) is 4.74 Å². The summed E-state index contributed by atoms with van der Waals surface area (Å²) in [5.41, 5.74) is 2.75. The highest BCUT2D eigenvalue weighted by molar-refractivity contribution is 8.13. The van der Waals surface area contributed by atoms with E-state index in [1.165, 1.54) is 17.3 Å². The van der Waals surface area contributed by atoms with Gasteiger partial charge in [0.1, 0.15) is 28.6 Å². The summed E-state index contributed by atoms with van der Waals surface area (Å²) >= 11 is 1.50. The zero-order valence-corrected chi connectivity index (χ0v) is 18.0. The first-order chi connectivity index (χ1) is 13.1. The van der Waals surface area contributed by atoms with E-state index in [9.17, 15) is 5.26 Å². The number of hydrazone groups is 1. The molecule has 0 saturated heterocycles. The minimum absolute atomic E-state index is 0.108. The van der Waals surface area contributed by atoms with Gasteiger partial charge < -0.3 is 4.74 Å². The van der Waals surface area contributed by atoms with E-state index >= 15 is 0 Å². The van der Waals surface area contributed by atoms with E-state index < -0.39 is 0 Å². The van der Waals surface area contributed by atoms with Crippen LogP contribution in [0.15, 0.2) is 45.6 Å². The van der Waals surface area contributed by atoms with E-state index in [-0.39, 0.29) is 6.17 Å². The maximum absolute atomic E-state index is 9.58. The third kappa shape index (κ3) is 6.44. The molecule has 1 aliphatic heterocycles. The second-order valence-corrected chi connectivity index (χ2v) is 6.48. The van der Waals surface area contributed by atoms with Crippen LogP contribution in [0.1, 0.15) is 46.1 Å². The van der Waals surface area contributed by atoms with Crippen molar-refractivity contribution in [1.29, 1.82) is 5.26 Å². The Hall–Kier alpha value is -2.26. The quantitative estimate of drug-likeness (QED) is 0.486. The van der Waals surface area contributed by atoms with Crippen LogP contribution in [-0.2, 0) is 0 Å². The summed E-state index contributed by atoms with van der Waals surface area (Å²) in [6.07, 6.45) is 5.09. The molecule has 0 saturated carbocycles. The first-order valence-electron chi connectivity index (χ1n) is 9.33. The minimum Gasteiger partial charge on any atom is -0.494 e. The van der Waals surface area contributed by atoms with Gasteiger partial charge in [0.2, 0.25) is 0 Å². The van der Waals surface area contributed by atoms with Gasteiger partial charge in [-0.15, -0.1) is 11.8 Å². The molecule has 6 heteroatoms. The molecule has 146 valence electrons. The van der Waals surface area contributed by atoms with Gasteiger partial charge in [-0.1, -0.05) is 31.5 Å². The van der Waals surface area contributed by atoms with Crippen LogP contribution >= 0.6 is 11.8 Å². The predicted molar refractivity (Wildman–Crippen MR) is 116 cm³/mol. The Morgan fingerprint density at radius 2 is 2.00 bits per heavy atom. The van der Waals surface area contributed by atoms with Gasteiger partial charge in [-0.05, 0) is 52.0 Å². The molecule has 1 aliphatic rings. The molecule has 0 fully saturated rings. The van der Waals surface area contributed by atoms with Crippen LogP contribution in [0.5, 0.6) is 5.75 Å². The second kappa shape index (κ2) is 12.2. The number of rotatable bonds is 6. The fourth-order valence-corrected chi connectivity index (χ4v) is 3.24. The number of nitriles is 1. The summed E-state index contributed by atoms with van der Waals surface area (Å²) in [6, 6.07) is 10.3. The lowest BCUT2D eigenvalue weighted by atomic mass is 10.1. The van der Waals surface area contributed by atoms with Crippen LogP contribution in [0.3, 0.4) is 0 Å². The van der Waals surface area contributed by atoms with Gasteiger partial charge in [0.15, 0.2) is 0 Å². The molecular formula is C21H30N4OS. The van der Waals surface area contributed by atoms with Crippen molar-refractivity contribution in [1.82, 2.24) is 5.01 Å². The Morgan fingerprint density at radius 1 is 1.33 bits per heavy atom. The highest BCUT2D eigenvalue weighted by atomic mass is 32.2. The van der Waals surface area contributed by atoms with Crippen LogP contribution in [0.4, 0.5) is 0 Å². The van der Waals surface area contributed by atoms with Crippen molar-refractivity contribution in [3.05, 3.63) is 41.1 Å². The number of thioether (sulfide) groups is 1. The molecule has 27 heavy (non-hydrogen) atoms. The number of benzene rings is 1. The van der Waals surface area contributed by atoms with E-state index in [0.717, 1.165) is 29.3 Å². The first kappa shape index (κ1) is 22.8. The summed E-state index contributed by atoms with van der Waals surface area (Å²) in [5.74, 6) is 0.867. The number of aliphatic imine (C=N–C) groups is 1. The molecule has 1 heterocycles. The normalized spacial score (nSPS) is 16.6. The SMILES string of the molecule is C/C=N\N1C(CCCOc2ccc(C)cc2)=C(C#N)C(SC)=NC1C.CC. The molecule has 1 aromatic rings. The molecule has 1 aromatic carbocycles. The van der Waals surface area contributed by atoms with Gasteiger partial charge in [-0.2, -0.15) is 10.4 Å². The summed E-state index contributed by atoms with van der Waals surface area (Å²) < 4.78 is 5.80. The number of aryl methyl sites for hydroxylation is 1. The molecule has 2 rings (SSSR count). The zero-order valence-electron chi connectivity index (χ0n) is 17.2. The van der Waals surface area contributed by atoms with Gasteiger partial charge in [-0.25, -0.2) is 5.01 Å². The molecule has 0 spiro atoms. The third-order valence-corrected chi connectivity index (χ3v) is 4.53. The smallest absolute Gasteiger partial charge is 0.140 e. The monoisotopic (exact) mass is 386 g/mol. The van der Waals surface area contributed by atoms with Crippen molar-refractivity contribution in [3.8, 4) is 11.8 Å². The molecule has 0 aromatic heterocycles. The predicted octanol–water partition coefficient (Wildman–Crippen LogP) is 5.39. The number of ether oxygens (including phenoxy) is 1. The topological polar surface area (TPSA) is 61.0 Å². The Balaban J connectivity index is 0.00000176. The fourth-order valence-electron chi connectivity index (χ4n) is 2.61. The summed E-state index contributed by atoms with van der Waals surface area (Å²) in [7, 11) is 0. The Morgan fingerprint density at radius 3 is 2.56 bits per heavy atom. The maximum Gasteiger partial charge on any atom is 0.140 e. The maximum atomic E-state index is 9.58.